The third kappa shape index (κ3) is 4.67. The van der Waals surface area contributed by atoms with Crippen molar-refractivity contribution in [2.75, 3.05) is 13.1 Å². The van der Waals surface area contributed by atoms with Gasteiger partial charge in [0.2, 0.25) is 0 Å². The van der Waals surface area contributed by atoms with Crippen LogP contribution in [0.25, 0.3) is 0 Å². The van der Waals surface area contributed by atoms with Crippen molar-refractivity contribution in [3.05, 3.63) is 34.3 Å². The van der Waals surface area contributed by atoms with E-state index >= 15 is 0 Å². The first kappa shape index (κ1) is 11.6. The monoisotopic (exact) mass is 263 g/mol. The van der Waals surface area contributed by atoms with Gasteiger partial charge in [0.25, 0.3) is 6.43 Å². The largest absolute Gasteiger partial charge is 0.311 e. The van der Waals surface area contributed by atoms with Crippen LogP contribution in [0, 0.1) is 0 Å². The summed E-state index contributed by atoms with van der Waals surface area (Å²) in [5.74, 6) is 0. The first-order valence-corrected chi connectivity index (χ1v) is 5.21. The molecule has 1 aromatic carbocycles. The van der Waals surface area contributed by atoms with Gasteiger partial charge in [0.1, 0.15) is 0 Å². The van der Waals surface area contributed by atoms with Crippen molar-refractivity contribution in [1.82, 2.24) is 5.32 Å². The summed E-state index contributed by atoms with van der Waals surface area (Å²) in [6.07, 6.45) is -1.50. The molecule has 0 heterocycles. The summed E-state index contributed by atoms with van der Waals surface area (Å²) in [6, 6.07) is 7.85. The van der Waals surface area contributed by atoms with Crippen molar-refractivity contribution >= 4 is 15.9 Å². The average Bonchev–Trinajstić information content (AvgIpc) is 2.12. The van der Waals surface area contributed by atoms with Gasteiger partial charge < -0.3 is 5.32 Å². The fourth-order valence-electron chi connectivity index (χ4n) is 1.14. The van der Waals surface area contributed by atoms with Crippen LogP contribution in [0.5, 0.6) is 0 Å². The normalized spacial score (nSPS) is 10.9. The number of halogens is 3. The van der Waals surface area contributed by atoms with Gasteiger partial charge in [0.15, 0.2) is 0 Å². The van der Waals surface area contributed by atoms with Gasteiger partial charge in [-0.2, -0.15) is 0 Å². The fraction of sp³-hybridized carbons (Fsp3) is 0.400. The Morgan fingerprint density at radius 3 is 2.79 bits per heavy atom. The van der Waals surface area contributed by atoms with Crippen LogP contribution in [0.4, 0.5) is 8.78 Å². The molecule has 4 heteroatoms. The van der Waals surface area contributed by atoms with Crippen LogP contribution in [0.1, 0.15) is 5.56 Å². The number of hydrogen-bond acceptors (Lipinski definition) is 1. The number of nitrogens with one attached hydrogen (secondary N) is 1. The molecule has 0 aliphatic carbocycles. The molecule has 0 unspecified atom stereocenters. The van der Waals surface area contributed by atoms with E-state index in [2.05, 4.69) is 21.2 Å². The third-order valence-electron chi connectivity index (χ3n) is 1.78. The Hall–Kier alpha value is -0.480. The smallest absolute Gasteiger partial charge is 0.250 e. The lowest BCUT2D eigenvalue weighted by Gasteiger charge is -2.04. The molecule has 1 aromatic rings. The summed E-state index contributed by atoms with van der Waals surface area (Å²) in [4.78, 5) is 0. The van der Waals surface area contributed by atoms with E-state index in [1.165, 1.54) is 0 Å². The van der Waals surface area contributed by atoms with Gasteiger partial charge in [-0.15, -0.1) is 0 Å². The summed E-state index contributed by atoms with van der Waals surface area (Å²) in [5.41, 5.74) is 1.14. The Bertz CT molecular complexity index is 279. The summed E-state index contributed by atoms with van der Waals surface area (Å²) in [7, 11) is 0. The van der Waals surface area contributed by atoms with Crippen molar-refractivity contribution in [2.45, 2.75) is 12.8 Å². The standard InChI is InChI=1S/C10H12BrF2N/c11-9-3-1-2-8(6-9)4-5-14-7-10(12)13/h1-3,6,10,14H,4-5,7H2. The quantitative estimate of drug-likeness (QED) is 0.806. The number of alkyl halides is 2. The van der Waals surface area contributed by atoms with Crippen LogP contribution < -0.4 is 5.32 Å². The van der Waals surface area contributed by atoms with E-state index in [0.717, 1.165) is 16.5 Å². The van der Waals surface area contributed by atoms with Crippen LogP contribution in [0.2, 0.25) is 0 Å². The predicted molar refractivity (Wildman–Crippen MR) is 56.7 cm³/mol. The van der Waals surface area contributed by atoms with Gasteiger partial charge >= 0.3 is 0 Å². The summed E-state index contributed by atoms with van der Waals surface area (Å²) in [5, 5.41) is 2.69. The van der Waals surface area contributed by atoms with Crippen molar-refractivity contribution in [1.29, 1.82) is 0 Å². The third-order valence-corrected chi connectivity index (χ3v) is 2.27. The highest BCUT2D eigenvalue weighted by Gasteiger charge is 2.00. The predicted octanol–water partition coefficient (Wildman–Crippen LogP) is 2.85. The zero-order valence-electron chi connectivity index (χ0n) is 7.64. The van der Waals surface area contributed by atoms with E-state index in [0.29, 0.717) is 6.54 Å². The van der Waals surface area contributed by atoms with Crippen LogP contribution in [-0.4, -0.2) is 19.5 Å². The molecule has 0 aromatic heterocycles. The highest BCUT2D eigenvalue weighted by Crippen LogP contribution is 2.11. The zero-order valence-corrected chi connectivity index (χ0v) is 9.23. The molecule has 1 nitrogen and oxygen atoms in total. The minimum absolute atomic E-state index is 0.228. The highest BCUT2D eigenvalue weighted by molar-refractivity contribution is 9.10. The summed E-state index contributed by atoms with van der Waals surface area (Å²) in [6.45, 7) is 0.356. The maximum atomic E-state index is 11.8. The molecular weight excluding hydrogens is 252 g/mol. The van der Waals surface area contributed by atoms with Gasteiger partial charge in [0.05, 0.1) is 6.54 Å². The Morgan fingerprint density at radius 1 is 1.36 bits per heavy atom. The lowest BCUT2D eigenvalue weighted by molar-refractivity contribution is 0.146. The Balaban J connectivity index is 2.25. The summed E-state index contributed by atoms with van der Waals surface area (Å²) >= 11 is 3.35. The molecule has 0 fully saturated rings. The zero-order chi connectivity index (χ0) is 10.4. The van der Waals surface area contributed by atoms with E-state index in [1.807, 2.05) is 24.3 Å². The molecule has 0 aliphatic rings. The molecule has 0 aliphatic heterocycles. The van der Waals surface area contributed by atoms with Crippen LogP contribution in [0.15, 0.2) is 28.7 Å². The molecule has 78 valence electrons. The maximum absolute atomic E-state index is 11.8. The number of benzene rings is 1. The molecule has 1 N–H and O–H groups in total. The molecule has 0 amide bonds. The maximum Gasteiger partial charge on any atom is 0.250 e. The van der Waals surface area contributed by atoms with Crippen molar-refractivity contribution in [2.24, 2.45) is 0 Å². The Kier molecular flexibility index (Phi) is 5.04. The first-order chi connectivity index (χ1) is 6.68. The lowest BCUT2D eigenvalue weighted by atomic mass is 10.1. The number of rotatable bonds is 5. The molecule has 0 bridgehead atoms. The lowest BCUT2D eigenvalue weighted by Crippen LogP contribution is -2.23. The minimum atomic E-state index is -2.27. The molecular formula is C10H12BrF2N. The van der Waals surface area contributed by atoms with Crippen molar-refractivity contribution in [3.8, 4) is 0 Å². The Morgan fingerprint density at radius 2 is 2.14 bits per heavy atom. The van der Waals surface area contributed by atoms with Crippen molar-refractivity contribution < 1.29 is 8.78 Å². The van der Waals surface area contributed by atoms with E-state index in [9.17, 15) is 8.78 Å². The summed E-state index contributed by atoms with van der Waals surface area (Å²) < 4.78 is 24.5. The van der Waals surface area contributed by atoms with Gasteiger partial charge in [-0.25, -0.2) is 8.78 Å². The van der Waals surface area contributed by atoms with Gasteiger partial charge in [-0.05, 0) is 30.7 Å². The molecule has 0 atom stereocenters. The second-order valence-corrected chi connectivity index (χ2v) is 3.89. The second kappa shape index (κ2) is 6.09. The van der Waals surface area contributed by atoms with Gasteiger partial charge in [-0.3, -0.25) is 0 Å². The van der Waals surface area contributed by atoms with Crippen LogP contribution in [-0.2, 0) is 6.42 Å². The van der Waals surface area contributed by atoms with E-state index in [-0.39, 0.29) is 6.54 Å². The Labute approximate surface area is 90.6 Å². The van der Waals surface area contributed by atoms with Crippen LogP contribution >= 0.6 is 15.9 Å². The van der Waals surface area contributed by atoms with E-state index < -0.39 is 6.43 Å². The van der Waals surface area contributed by atoms with Crippen molar-refractivity contribution in [3.63, 3.8) is 0 Å². The molecule has 0 saturated carbocycles. The molecule has 1 rings (SSSR count). The SMILES string of the molecule is FC(F)CNCCc1cccc(Br)c1. The van der Waals surface area contributed by atoms with E-state index in [4.69, 9.17) is 0 Å². The number of hydrogen-bond donors (Lipinski definition) is 1. The van der Waals surface area contributed by atoms with E-state index in [1.54, 1.807) is 0 Å². The van der Waals surface area contributed by atoms with Crippen LogP contribution in [0.3, 0.4) is 0 Å². The highest BCUT2D eigenvalue weighted by atomic mass is 79.9. The van der Waals surface area contributed by atoms with Gasteiger partial charge in [-0.1, -0.05) is 28.1 Å². The molecule has 0 radical (unpaired) electrons. The average molecular weight is 264 g/mol. The minimum Gasteiger partial charge on any atom is -0.311 e. The van der Waals surface area contributed by atoms with Gasteiger partial charge in [0, 0.05) is 4.47 Å². The molecule has 0 saturated heterocycles. The molecule has 14 heavy (non-hydrogen) atoms. The topological polar surface area (TPSA) is 12.0 Å². The second-order valence-electron chi connectivity index (χ2n) is 2.98. The fourth-order valence-corrected chi connectivity index (χ4v) is 1.58. The first-order valence-electron chi connectivity index (χ1n) is 4.42. The molecule has 0 spiro atoms.